The van der Waals surface area contributed by atoms with Crippen LogP contribution in [0.15, 0.2) is 42.5 Å². The molecular weight excluding hydrogens is 567 g/mol. The van der Waals surface area contributed by atoms with Gasteiger partial charge in [0.25, 0.3) is 0 Å². The van der Waals surface area contributed by atoms with Crippen molar-refractivity contribution in [3.8, 4) is 11.1 Å². The molecule has 6 nitrogen and oxygen atoms in total. The van der Waals surface area contributed by atoms with Crippen molar-refractivity contribution < 1.29 is 22.4 Å². The van der Waals surface area contributed by atoms with E-state index >= 15 is 0 Å². The molecule has 2 rings (SSSR count). The quantitative estimate of drug-likeness (QED) is 0.502. The van der Waals surface area contributed by atoms with Crippen LogP contribution in [0.2, 0.25) is 5.02 Å². The summed E-state index contributed by atoms with van der Waals surface area (Å²) >= 11 is 0.676. The zero-order valence-corrected chi connectivity index (χ0v) is 20.0. The molecule has 0 atom stereocenters. The molecule has 0 aromatic heterocycles. The van der Waals surface area contributed by atoms with Crippen LogP contribution in [0.4, 0.5) is 0 Å². The fourth-order valence-electron chi connectivity index (χ4n) is 2.57. The van der Waals surface area contributed by atoms with Crippen LogP contribution < -0.4 is 3.12 Å². The summed E-state index contributed by atoms with van der Waals surface area (Å²) < 4.78 is 16.7. The third-order valence-electron chi connectivity index (χ3n) is 3.58. The van der Waals surface area contributed by atoms with Gasteiger partial charge in [-0.25, -0.2) is 0 Å². The van der Waals surface area contributed by atoms with E-state index in [-0.39, 0.29) is 0 Å². The van der Waals surface area contributed by atoms with Crippen LogP contribution in [-0.4, -0.2) is 40.4 Å². The van der Waals surface area contributed by atoms with Crippen molar-refractivity contribution in [2.45, 2.75) is 27.7 Å². The molecule has 0 saturated heterocycles. The molecule has 2 aromatic rings. The second-order valence-electron chi connectivity index (χ2n) is 5.87. The number of rotatable bonds is 5. The Morgan fingerprint density at radius 1 is 0.778 bits per heavy atom. The van der Waals surface area contributed by atoms with Gasteiger partial charge in [0.2, 0.25) is 0 Å². The van der Waals surface area contributed by atoms with Gasteiger partial charge < -0.3 is 0 Å². The number of halogens is 1. The number of aryl methyl sites for hydroxylation is 1. The number of carbonyl (C=O) groups excluding carboxylic acids is 3. The molecule has 0 aliphatic carbocycles. The molecule has 0 radical (unpaired) electrons. The van der Waals surface area contributed by atoms with Gasteiger partial charge in [0.15, 0.2) is 0 Å². The van der Waals surface area contributed by atoms with E-state index in [1.807, 2.05) is 18.2 Å². The van der Waals surface area contributed by atoms with Gasteiger partial charge in [-0.1, -0.05) is 0 Å². The van der Waals surface area contributed by atoms with Crippen LogP contribution in [0.25, 0.3) is 11.1 Å². The molecule has 0 heterocycles. The zero-order valence-electron chi connectivity index (χ0n) is 15.4. The summed E-state index contributed by atoms with van der Waals surface area (Å²) in [4.78, 5) is 35.2. The predicted molar refractivity (Wildman–Crippen MR) is 102 cm³/mol. The molecule has 8 heteroatoms. The van der Waals surface area contributed by atoms with Crippen LogP contribution in [0.3, 0.4) is 0 Å². The minimum absolute atomic E-state index is 0.440. The number of hydrogen-bond donors (Lipinski definition) is 0. The Kier molecular flexibility index (Phi) is 6.99. The van der Waals surface area contributed by atoms with E-state index in [0.717, 1.165) is 11.1 Å². The summed E-state index contributed by atoms with van der Waals surface area (Å²) in [5.41, 5.74) is 2.33. The van der Waals surface area contributed by atoms with Gasteiger partial charge in [0.05, 0.1) is 0 Å². The van der Waals surface area contributed by atoms with Gasteiger partial charge >= 0.3 is 169 Å². The van der Waals surface area contributed by atoms with E-state index in [0.29, 0.717) is 13.7 Å². The molecule has 0 amide bonds. The van der Waals surface area contributed by atoms with Gasteiger partial charge in [-0.05, 0) is 0 Å². The second kappa shape index (κ2) is 8.83. The molecule has 2 aromatic carbocycles. The molecule has 0 fully saturated rings. The van der Waals surface area contributed by atoms with E-state index in [2.05, 4.69) is 0 Å². The number of hydrogen-bond acceptors (Lipinski definition) is 6. The Labute approximate surface area is 169 Å². The van der Waals surface area contributed by atoms with E-state index in [1.54, 1.807) is 31.2 Å². The topological polar surface area (TPSA) is 78.9 Å². The average Bonchev–Trinajstić information content (AvgIpc) is 2.54. The van der Waals surface area contributed by atoms with Crippen molar-refractivity contribution in [2.24, 2.45) is 0 Å². The third kappa shape index (κ3) is 5.52. The van der Waals surface area contributed by atoms with Gasteiger partial charge in [-0.15, -0.1) is 0 Å². The predicted octanol–water partition coefficient (Wildman–Crippen LogP) is 3.15. The first-order chi connectivity index (χ1) is 12.6. The van der Waals surface area contributed by atoms with Gasteiger partial charge in [0.1, 0.15) is 0 Å². The molecule has 142 valence electrons. The van der Waals surface area contributed by atoms with Crippen molar-refractivity contribution >= 4 is 55.2 Å². The minimum atomic E-state index is -5.26. The first-order valence-electron chi connectivity index (χ1n) is 8.09. The summed E-state index contributed by atoms with van der Waals surface area (Å²) in [6.45, 7) is 5.31. The second-order valence-corrected chi connectivity index (χ2v) is 15.1. The van der Waals surface area contributed by atoms with Gasteiger partial charge in [0, 0.05) is 0 Å². The van der Waals surface area contributed by atoms with E-state index in [4.69, 9.17) is 19.7 Å². The maximum atomic E-state index is 11.7. The summed E-state index contributed by atoms with van der Waals surface area (Å²) in [6.07, 6.45) is 0. The van der Waals surface area contributed by atoms with Crippen molar-refractivity contribution in [3.05, 3.63) is 53.1 Å². The molecule has 0 unspecified atom stereocenters. The van der Waals surface area contributed by atoms with E-state index in [1.165, 1.54) is 20.8 Å². The Morgan fingerprint density at radius 2 is 1.22 bits per heavy atom. The van der Waals surface area contributed by atoms with Crippen LogP contribution in [-0.2, 0) is 22.4 Å². The van der Waals surface area contributed by atoms with Gasteiger partial charge in [-0.3, -0.25) is 0 Å². The molecule has 0 saturated carbocycles. The molecular formula is C19H19ClO6Pb. The number of benzene rings is 2. The normalized spacial score (nSPS) is 10.9. The standard InChI is InChI=1S/C13H10Cl.3C2H4O2.Pb/c1-10-2-4-11(5-3-10)12-6-8-13(14)9-7-12;3*1-2(3)4;/h2,4-9H,1H3;3*1H3,(H,3,4);/q;;;;+3/p-3. The SMILES string of the molecule is CC(=O)[O][Pb]([O]C(C)=O)([O]C(C)=O)[c]1cc(-c2ccc(Cl)cc2)ccc1C. The van der Waals surface area contributed by atoms with Crippen molar-refractivity contribution in [1.82, 2.24) is 0 Å². The number of carbonyl (C=O) groups is 3. The average molecular weight is 586 g/mol. The monoisotopic (exact) mass is 586 g/mol. The molecule has 0 aliphatic rings. The van der Waals surface area contributed by atoms with Crippen LogP contribution in [0.1, 0.15) is 26.3 Å². The first kappa shape index (κ1) is 21.4. The zero-order chi connectivity index (χ0) is 20.2. The van der Waals surface area contributed by atoms with Crippen molar-refractivity contribution in [3.63, 3.8) is 0 Å². The molecule has 0 bridgehead atoms. The maximum absolute atomic E-state index is 11.7. The molecule has 0 spiro atoms. The van der Waals surface area contributed by atoms with Crippen molar-refractivity contribution in [2.75, 3.05) is 0 Å². The Balaban J connectivity index is 2.66. The summed E-state index contributed by atoms with van der Waals surface area (Å²) in [7, 11) is 0. The summed E-state index contributed by atoms with van der Waals surface area (Å²) in [5, 5.41) is 0.597. The first-order valence-corrected chi connectivity index (χ1v) is 15.2. The molecule has 27 heavy (non-hydrogen) atoms. The Bertz CT molecular complexity index is 837. The molecule has 0 aliphatic heterocycles. The summed E-state index contributed by atoms with van der Waals surface area (Å²) in [5.74, 6) is -2.05. The van der Waals surface area contributed by atoms with Crippen LogP contribution in [0, 0.1) is 6.92 Å². The van der Waals surface area contributed by atoms with Gasteiger partial charge in [-0.2, -0.15) is 0 Å². The Hall–Kier alpha value is -1.94. The fourth-order valence-corrected chi connectivity index (χ4v) is 12.4. The third-order valence-corrected chi connectivity index (χ3v) is 15.0. The van der Waals surface area contributed by atoms with Crippen LogP contribution >= 0.6 is 11.6 Å². The summed E-state index contributed by atoms with van der Waals surface area (Å²) in [6, 6.07) is 12.6. The molecule has 0 N–H and O–H groups in total. The van der Waals surface area contributed by atoms with E-state index in [9.17, 15) is 14.4 Å². The van der Waals surface area contributed by atoms with Crippen molar-refractivity contribution in [1.29, 1.82) is 0 Å². The van der Waals surface area contributed by atoms with Crippen LogP contribution in [0.5, 0.6) is 0 Å². The Morgan fingerprint density at radius 3 is 1.67 bits per heavy atom. The van der Waals surface area contributed by atoms with E-state index < -0.39 is 40.4 Å². The fraction of sp³-hybridized carbons (Fsp3) is 0.211.